The van der Waals surface area contributed by atoms with Gasteiger partial charge in [0.05, 0.1) is 11.8 Å². The van der Waals surface area contributed by atoms with E-state index in [0.717, 1.165) is 0 Å². The third-order valence-electron chi connectivity index (χ3n) is 4.25. The molecule has 0 atom stereocenters. The zero-order chi connectivity index (χ0) is 17.3. The number of nitrogens with zero attached hydrogens (tertiary/aromatic N) is 2. The van der Waals surface area contributed by atoms with Gasteiger partial charge < -0.3 is 25.0 Å². The van der Waals surface area contributed by atoms with E-state index in [1.165, 1.54) is 9.80 Å². The summed E-state index contributed by atoms with van der Waals surface area (Å²) in [5.74, 6) is -1.00. The van der Waals surface area contributed by atoms with Crippen LogP contribution in [-0.4, -0.2) is 60.6 Å². The van der Waals surface area contributed by atoms with Gasteiger partial charge in [0.1, 0.15) is 5.75 Å². The molecule has 24 heavy (non-hydrogen) atoms. The number of hydrogen-bond donors (Lipinski definition) is 2. The SMILES string of the molecule is CN1C(=O)COc2ccc(NC(=O)C(=O)N3CCC(O)CC3)cc21. The number of nitrogens with one attached hydrogen (secondary N) is 1. The minimum atomic E-state index is -0.739. The second-order valence-electron chi connectivity index (χ2n) is 5.90. The molecule has 3 rings (SSSR count). The van der Waals surface area contributed by atoms with Gasteiger partial charge in [0.25, 0.3) is 5.91 Å². The number of rotatable bonds is 1. The number of carbonyl (C=O) groups excluding carboxylic acids is 3. The van der Waals surface area contributed by atoms with Crippen molar-refractivity contribution in [3.63, 3.8) is 0 Å². The average molecular weight is 333 g/mol. The van der Waals surface area contributed by atoms with Crippen molar-refractivity contribution >= 4 is 29.1 Å². The van der Waals surface area contributed by atoms with Crippen LogP contribution in [0.15, 0.2) is 18.2 Å². The number of benzene rings is 1. The number of aliphatic hydroxyl groups is 1. The molecule has 2 aliphatic heterocycles. The van der Waals surface area contributed by atoms with E-state index in [0.29, 0.717) is 43.1 Å². The molecule has 0 unspecified atom stereocenters. The van der Waals surface area contributed by atoms with Crippen molar-refractivity contribution in [3.05, 3.63) is 18.2 Å². The minimum Gasteiger partial charge on any atom is -0.482 e. The molecular weight excluding hydrogens is 314 g/mol. The van der Waals surface area contributed by atoms with Crippen molar-refractivity contribution in [3.8, 4) is 5.75 Å². The number of carbonyl (C=O) groups is 3. The molecule has 2 aliphatic rings. The Morgan fingerprint density at radius 2 is 2.00 bits per heavy atom. The van der Waals surface area contributed by atoms with Gasteiger partial charge in [-0.25, -0.2) is 0 Å². The van der Waals surface area contributed by atoms with Crippen molar-refractivity contribution in [2.24, 2.45) is 0 Å². The second-order valence-corrected chi connectivity index (χ2v) is 5.90. The molecule has 8 heteroatoms. The molecule has 1 fully saturated rings. The molecule has 3 amide bonds. The van der Waals surface area contributed by atoms with E-state index < -0.39 is 17.9 Å². The molecule has 1 aromatic carbocycles. The third kappa shape index (κ3) is 3.18. The van der Waals surface area contributed by atoms with Crippen molar-refractivity contribution < 1.29 is 24.2 Å². The number of likely N-dealkylation sites (tertiary alicyclic amines) is 1. The van der Waals surface area contributed by atoms with Crippen LogP contribution in [0.25, 0.3) is 0 Å². The van der Waals surface area contributed by atoms with Crippen molar-refractivity contribution in [1.82, 2.24) is 4.90 Å². The highest BCUT2D eigenvalue weighted by Gasteiger charge is 2.27. The van der Waals surface area contributed by atoms with Crippen LogP contribution in [0, 0.1) is 0 Å². The standard InChI is InChI=1S/C16H19N3O5/c1-18-12-8-10(2-3-13(12)24-9-14(18)21)17-15(22)16(23)19-6-4-11(20)5-7-19/h2-3,8,11,20H,4-7,9H2,1H3,(H,17,22). The number of hydrogen-bond acceptors (Lipinski definition) is 5. The van der Waals surface area contributed by atoms with Gasteiger partial charge in [0.15, 0.2) is 6.61 Å². The lowest BCUT2D eigenvalue weighted by Gasteiger charge is -2.29. The largest absolute Gasteiger partial charge is 0.482 e. The fourth-order valence-corrected chi connectivity index (χ4v) is 2.75. The molecule has 0 bridgehead atoms. The third-order valence-corrected chi connectivity index (χ3v) is 4.25. The van der Waals surface area contributed by atoms with Crippen LogP contribution < -0.4 is 15.0 Å². The molecule has 0 spiro atoms. The first-order valence-corrected chi connectivity index (χ1v) is 7.77. The summed E-state index contributed by atoms with van der Waals surface area (Å²) in [4.78, 5) is 38.8. The van der Waals surface area contributed by atoms with Crippen LogP contribution in [-0.2, 0) is 14.4 Å². The summed E-state index contributed by atoms with van der Waals surface area (Å²) < 4.78 is 5.32. The highest BCUT2D eigenvalue weighted by atomic mass is 16.5. The number of likely N-dealkylation sites (N-methyl/N-ethyl adjacent to an activating group) is 1. The van der Waals surface area contributed by atoms with Crippen LogP contribution >= 0.6 is 0 Å². The van der Waals surface area contributed by atoms with Crippen molar-refractivity contribution in [1.29, 1.82) is 0 Å². The highest BCUT2D eigenvalue weighted by molar-refractivity contribution is 6.39. The summed E-state index contributed by atoms with van der Waals surface area (Å²) >= 11 is 0. The Hall–Kier alpha value is -2.61. The van der Waals surface area contributed by atoms with Gasteiger partial charge in [-0.3, -0.25) is 14.4 Å². The summed E-state index contributed by atoms with van der Waals surface area (Å²) in [6.45, 7) is 0.708. The molecule has 2 N–H and O–H groups in total. The van der Waals surface area contributed by atoms with Crippen LogP contribution in [0.2, 0.25) is 0 Å². The van der Waals surface area contributed by atoms with Crippen LogP contribution in [0.4, 0.5) is 11.4 Å². The molecule has 8 nitrogen and oxygen atoms in total. The molecule has 1 saturated heterocycles. The van der Waals surface area contributed by atoms with Crippen LogP contribution in [0.1, 0.15) is 12.8 Å². The lowest BCUT2D eigenvalue weighted by molar-refractivity contribution is -0.144. The molecule has 0 aromatic heterocycles. The zero-order valence-corrected chi connectivity index (χ0v) is 13.3. The summed E-state index contributed by atoms with van der Waals surface area (Å²) in [5.41, 5.74) is 0.951. The maximum atomic E-state index is 12.2. The first-order chi connectivity index (χ1) is 11.5. The quantitative estimate of drug-likeness (QED) is 0.703. The molecule has 0 saturated carbocycles. The van der Waals surface area contributed by atoms with E-state index >= 15 is 0 Å². The number of amides is 3. The predicted octanol–water partition coefficient (Wildman–Crippen LogP) is -0.0364. The van der Waals surface area contributed by atoms with Gasteiger partial charge in [0.2, 0.25) is 0 Å². The molecule has 2 heterocycles. The van der Waals surface area contributed by atoms with Gasteiger partial charge in [-0.1, -0.05) is 0 Å². The van der Waals surface area contributed by atoms with Gasteiger partial charge in [0, 0.05) is 25.8 Å². The van der Waals surface area contributed by atoms with Gasteiger partial charge in [-0.15, -0.1) is 0 Å². The summed E-state index contributed by atoms with van der Waals surface area (Å²) in [6, 6.07) is 4.86. The molecular formula is C16H19N3O5. The van der Waals surface area contributed by atoms with Crippen molar-refractivity contribution in [2.75, 3.05) is 37.0 Å². The molecule has 1 aromatic rings. The summed E-state index contributed by atoms with van der Waals surface area (Å²) in [5, 5.41) is 12.0. The van der Waals surface area contributed by atoms with Crippen LogP contribution in [0.3, 0.4) is 0 Å². The summed E-state index contributed by atoms with van der Waals surface area (Å²) in [6.07, 6.45) is 0.537. The predicted molar refractivity (Wildman–Crippen MR) is 85.8 cm³/mol. The number of piperidine rings is 1. The van der Waals surface area contributed by atoms with Crippen molar-refractivity contribution in [2.45, 2.75) is 18.9 Å². The Kier molecular flexibility index (Phi) is 4.39. The van der Waals surface area contributed by atoms with Crippen LogP contribution in [0.5, 0.6) is 5.75 Å². The van der Waals surface area contributed by atoms with E-state index in [2.05, 4.69) is 5.32 Å². The molecule has 128 valence electrons. The maximum Gasteiger partial charge on any atom is 0.313 e. The molecule has 0 radical (unpaired) electrons. The number of ether oxygens (including phenoxy) is 1. The van der Waals surface area contributed by atoms with E-state index in [-0.39, 0.29) is 12.5 Å². The van der Waals surface area contributed by atoms with Gasteiger partial charge in [-0.2, -0.15) is 0 Å². The zero-order valence-electron chi connectivity index (χ0n) is 13.3. The maximum absolute atomic E-state index is 12.2. The fraction of sp³-hybridized carbons (Fsp3) is 0.438. The normalized spacial score (nSPS) is 18.0. The fourth-order valence-electron chi connectivity index (χ4n) is 2.75. The number of fused-ring (bicyclic) bond motifs is 1. The lowest BCUT2D eigenvalue weighted by atomic mass is 10.1. The number of anilines is 2. The van der Waals surface area contributed by atoms with E-state index in [4.69, 9.17) is 4.74 Å². The first kappa shape index (κ1) is 16.3. The van der Waals surface area contributed by atoms with E-state index in [9.17, 15) is 19.5 Å². The van der Waals surface area contributed by atoms with E-state index in [1.54, 1.807) is 25.2 Å². The second kappa shape index (κ2) is 6.48. The average Bonchev–Trinajstić information content (AvgIpc) is 2.58. The topological polar surface area (TPSA) is 99.2 Å². The first-order valence-electron chi connectivity index (χ1n) is 7.77. The highest BCUT2D eigenvalue weighted by Crippen LogP contribution is 2.33. The Morgan fingerprint density at radius 3 is 2.71 bits per heavy atom. The Morgan fingerprint density at radius 1 is 1.29 bits per heavy atom. The minimum absolute atomic E-state index is 0.0193. The Balaban J connectivity index is 1.68. The smallest absolute Gasteiger partial charge is 0.313 e. The Labute approximate surface area is 139 Å². The summed E-state index contributed by atoms with van der Waals surface area (Å²) in [7, 11) is 1.62. The monoisotopic (exact) mass is 333 g/mol. The molecule has 0 aliphatic carbocycles. The van der Waals surface area contributed by atoms with E-state index in [1.807, 2.05) is 0 Å². The van der Waals surface area contributed by atoms with Gasteiger partial charge >= 0.3 is 11.8 Å². The number of aliphatic hydroxyl groups excluding tert-OH is 1. The lowest BCUT2D eigenvalue weighted by Crippen LogP contribution is -2.45. The Bertz CT molecular complexity index is 682. The van der Waals surface area contributed by atoms with Gasteiger partial charge in [-0.05, 0) is 31.0 Å².